The minimum absolute atomic E-state index is 0.141. The normalized spacial score (nSPS) is 15.1. The number of amides is 1. The zero-order valence-corrected chi connectivity index (χ0v) is 11.0. The number of oxazole rings is 1. The first-order valence-corrected chi connectivity index (χ1v) is 6.58. The molecular formula is C14H17N3O2. The van der Waals surface area contributed by atoms with Crippen LogP contribution in [0.25, 0.3) is 11.1 Å². The number of hydrogen-bond donors (Lipinski definition) is 0. The number of aromatic nitrogens is 1. The molecule has 2 heterocycles. The van der Waals surface area contributed by atoms with E-state index in [9.17, 15) is 4.79 Å². The van der Waals surface area contributed by atoms with Crippen LogP contribution in [-0.4, -0.2) is 42.5 Å². The molecule has 100 valence electrons. The number of fused-ring (bicyclic) bond motifs is 1. The lowest BCUT2D eigenvalue weighted by Crippen LogP contribution is -2.37. The number of hydrogen-bond acceptors (Lipinski definition) is 4. The fourth-order valence-corrected chi connectivity index (χ4v) is 2.36. The molecule has 0 spiro atoms. The van der Waals surface area contributed by atoms with E-state index in [0.29, 0.717) is 12.6 Å². The summed E-state index contributed by atoms with van der Waals surface area (Å²) in [5.74, 6) is 0.141. The molecule has 1 aliphatic heterocycles. The Hall–Kier alpha value is -2.04. The molecule has 0 atom stereocenters. The van der Waals surface area contributed by atoms with Crippen LogP contribution in [0.2, 0.25) is 0 Å². The van der Waals surface area contributed by atoms with Crippen molar-refractivity contribution in [1.29, 1.82) is 0 Å². The molecular weight excluding hydrogens is 242 g/mol. The lowest BCUT2D eigenvalue weighted by Gasteiger charge is -2.19. The fourth-order valence-electron chi connectivity index (χ4n) is 2.36. The number of benzene rings is 1. The van der Waals surface area contributed by atoms with Crippen LogP contribution < -0.4 is 4.90 Å². The van der Waals surface area contributed by atoms with Crippen LogP contribution in [0.5, 0.6) is 0 Å². The van der Waals surface area contributed by atoms with Gasteiger partial charge in [0.15, 0.2) is 5.58 Å². The molecule has 1 saturated heterocycles. The highest BCUT2D eigenvalue weighted by atomic mass is 16.4. The summed E-state index contributed by atoms with van der Waals surface area (Å²) in [6, 6.07) is 8.10. The quantitative estimate of drug-likeness (QED) is 0.844. The molecule has 0 bridgehead atoms. The zero-order valence-electron chi connectivity index (χ0n) is 11.0. The Labute approximate surface area is 111 Å². The fraction of sp³-hybridized carbons (Fsp3) is 0.429. The molecule has 3 rings (SSSR count). The summed E-state index contributed by atoms with van der Waals surface area (Å²) in [6.45, 7) is 2.06. The van der Waals surface area contributed by atoms with E-state index in [-0.39, 0.29) is 5.91 Å². The highest BCUT2D eigenvalue weighted by molar-refractivity contribution is 5.81. The second-order valence-corrected chi connectivity index (χ2v) is 4.91. The minimum atomic E-state index is 0.141. The average Bonchev–Trinajstić information content (AvgIpc) is 3.07. The van der Waals surface area contributed by atoms with Crippen molar-refractivity contribution in [2.45, 2.75) is 12.8 Å². The van der Waals surface area contributed by atoms with E-state index in [1.807, 2.05) is 36.2 Å². The number of para-hydroxylation sites is 2. The van der Waals surface area contributed by atoms with Gasteiger partial charge in [-0.3, -0.25) is 4.79 Å². The highest BCUT2D eigenvalue weighted by Crippen LogP contribution is 2.20. The topological polar surface area (TPSA) is 49.6 Å². The summed E-state index contributed by atoms with van der Waals surface area (Å²) in [5, 5.41) is 0. The number of rotatable bonds is 3. The number of anilines is 1. The van der Waals surface area contributed by atoms with Gasteiger partial charge in [0.2, 0.25) is 5.91 Å². The van der Waals surface area contributed by atoms with Gasteiger partial charge in [0.1, 0.15) is 12.1 Å². The van der Waals surface area contributed by atoms with Crippen LogP contribution in [0.15, 0.2) is 28.7 Å². The van der Waals surface area contributed by atoms with Crippen molar-refractivity contribution in [3.05, 3.63) is 24.3 Å². The summed E-state index contributed by atoms with van der Waals surface area (Å²) < 4.78 is 5.64. The first kappa shape index (κ1) is 12.0. The van der Waals surface area contributed by atoms with Crippen molar-refractivity contribution in [1.82, 2.24) is 9.88 Å². The predicted octanol–water partition coefficient (Wildman–Crippen LogP) is 1.89. The molecule has 0 aliphatic carbocycles. The molecule has 1 aliphatic rings. The van der Waals surface area contributed by atoms with Gasteiger partial charge in [-0.05, 0) is 25.0 Å². The van der Waals surface area contributed by atoms with Gasteiger partial charge in [0.25, 0.3) is 6.01 Å². The Morgan fingerprint density at radius 1 is 1.37 bits per heavy atom. The van der Waals surface area contributed by atoms with E-state index in [2.05, 4.69) is 4.98 Å². The van der Waals surface area contributed by atoms with Gasteiger partial charge in [0, 0.05) is 20.1 Å². The van der Waals surface area contributed by atoms with Crippen molar-refractivity contribution in [3.63, 3.8) is 0 Å². The maximum atomic E-state index is 12.1. The molecule has 0 unspecified atom stereocenters. The summed E-state index contributed by atoms with van der Waals surface area (Å²) >= 11 is 0. The van der Waals surface area contributed by atoms with Crippen LogP contribution in [0.4, 0.5) is 6.01 Å². The van der Waals surface area contributed by atoms with E-state index < -0.39 is 0 Å². The Morgan fingerprint density at radius 2 is 2.11 bits per heavy atom. The van der Waals surface area contributed by atoms with Crippen molar-refractivity contribution in [2.75, 3.05) is 31.6 Å². The lowest BCUT2D eigenvalue weighted by atomic mass is 10.3. The van der Waals surface area contributed by atoms with Crippen molar-refractivity contribution in [2.24, 2.45) is 0 Å². The molecule has 1 aromatic heterocycles. The molecule has 5 heteroatoms. The van der Waals surface area contributed by atoms with Gasteiger partial charge >= 0.3 is 0 Å². The molecule has 1 amide bonds. The number of likely N-dealkylation sites (N-methyl/N-ethyl adjacent to an activating group) is 1. The van der Waals surface area contributed by atoms with Gasteiger partial charge in [-0.15, -0.1) is 0 Å². The third-order valence-corrected chi connectivity index (χ3v) is 3.44. The first-order valence-electron chi connectivity index (χ1n) is 6.58. The second kappa shape index (κ2) is 4.91. The van der Waals surface area contributed by atoms with Crippen LogP contribution >= 0.6 is 0 Å². The monoisotopic (exact) mass is 259 g/mol. The number of carbonyl (C=O) groups excluding carboxylic acids is 1. The van der Waals surface area contributed by atoms with E-state index in [1.165, 1.54) is 0 Å². The average molecular weight is 259 g/mol. The van der Waals surface area contributed by atoms with Gasteiger partial charge in [-0.2, -0.15) is 4.98 Å². The number of nitrogens with zero attached hydrogens (tertiary/aromatic N) is 3. The van der Waals surface area contributed by atoms with E-state index >= 15 is 0 Å². The van der Waals surface area contributed by atoms with E-state index in [0.717, 1.165) is 37.0 Å². The predicted molar refractivity (Wildman–Crippen MR) is 73.1 cm³/mol. The number of carbonyl (C=O) groups is 1. The summed E-state index contributed by atoms with van der Waals surface area (Å²) in [6.07, 6.45) is 2.22. The van der Waals surface area contributed by atoms with Crippen molar-refractivity contribution in [3.8, 4) is 0 Å². The Kier molecular flexibility index (Phi) is 3.11. The van der Waals surface area contributed by atoms with Gasteiger partial charge < -0.3 is 14.2 Å². The van der Waals surface area contributed by atoms with E-state index in [4.69, 9.17) is 4.42 Å². The molecule has 2 aromatic rings. The standard InChI is InChI=1S/C14H17N3O2/c1-16(10-13(18)17-8-4-5-9-17)14-15-11-6-2-3-7-12(11)19-14/h2-3,6-7H,4-5,8-10H2,1H3. The van der Waals surface area contributed by atoms with Crippen LogP contribution in [0.3, 0.4) is 0 Å². The maximum absolute atomic E-state index is 12.1. The van der Waals surface area contributed by atoms with Crippen molar-refractivity contribution < 1.29 is 9.21 Å². The molecule has 5 nitrogen and oxygen atoms in total. The Morgan fingerprint density at radius 3 is 2.84 bits per heavy atom. The van der Waals surface area contributed by atoms with Crippen LogP contribution in [-0.2, 0) is 4.79 Å². The molecule has 1 aromatic carbocycles. The number of likely N-dealkylation sites (tertiary alicyclic amines) is 1. The Bertz CT molecular complexity index is 554. The third-order valence-electron chi connectivity index (χ3n) is 3.44. The SMILES string of the molecule is CN(CC(=O)N1CCCC1)c1nc2ccccc2o1. The van der Waals surface area contributed by atoms with Crippen LogP contribution in [0.1, 0.15) is 12.8 Å². The summed E-state index contributed by atoms with van der Waals surface area (Å²) in [5.41, 5.74) is 1.57. The smallest absolute Gasteiger partial charge is 0.298 e. The third kappa shape index (κ3) is 2.41. The zero-order chi connectivity index (χ0) is 13.2. The summed E-state index contributed by atoms with van der Waals surface area (Å²) in [7, 11) is 1.83. The second-order valence-electron chi connectivity index (χ2n) is 4.91. The maximum Gasteiger partial charge on any atom is 0.298 e. The largest absolute Gasteiger partial charge is 0.423 e. The summed E-state index contributed by atoms with van der Waals surface area (Å²) in [4.78, 5) is 20.1. The minimum Gasteiger partial charge on any atom is -0.423 e. The highest BCUT2D eigenvalue weighted by Gasteiger charge is 2.20. The van der Waals surface area contributed by atoms with Gasteiger partial charge in [-0.1, -0.05) is 12.1 Å². The van der Waals surface area contributed by atoms with Gasteiger partial charge in [-0.25, -0.2) is 0 Å². The molecule has 0 N–H and O–H groups in total. The molecule has 19 heavy (non-hydrogen) atoms. The van der Waals surface area contributed by atoms with Crippen molar-refractivity contribution >= 4 is 23.0 Å². The van der Waals surface area contributed by atoms with Gasteiger partial charge in [0.05, 0.1) is 0 Å². The van der Waals surface area contributed by atoms with E-state index in [1.54, 1.807) is 4.90 Å². The lowest BCUT2D eigenvalue weighted by molar-refractivity contribution is -0.128. The molecule has 1 fully saturated rings. The molecule has 0 saturated carbocycles. The Balaban J connectivity index is 1.72. The van der Waals surface area contributed by atoms with Crippen LogP contribution in [0, 0.1) is 0 Å². The first-order chi connectivity index (χ1) is 9.24. The molecule has 0 radical (unpaired) electrons.